The summed E-state index contributed by atoms with van der Waals surface area (Å²) in [5.74, 6) is 0. The summed E-state index contributed by atoms with van der Waals surface area (Å²) in [6, 6.07) is 8.91. The third kappa shape index (κ3) is 4.67. The van der Waals surface area contributed by atoms with E-state index in [-0.39, 0.29) is 0 Å². The zero-order valence-electron chi connectivity index (χ0n) is 11.1. The van der Waals surface area contributed by atoms with Crippen LogP contribution in [0.15, 0.2) is 43.1 Å². The van der Waals surface area contributed by atoms with Crippen LogP contribution in [0.1, 0.15) is 29.8 Å². The number of rotatable bonds is 6. The van der Waals surface area contributed by atoms with Gasteiger partial charge in [0.25, 0.3) is 0 Å². The van der Waals surface area contributed by atoms with Crippen molar-refractivity contribution in [2.24, 2.45) is 0 Å². The minimum atomic E-state index is 0.332. The Labute approximate surface area is 149 Å². The molecule has 108 valence electrons. The fourth-order valence-corrected chi connectivity index (χ4v) is 4.95. The van der Waals surface area contributed by atoms with Crippen molar-refractivity contribution in [3.63, 3.8) is 0 Å². The monoisotopic (exact) mass is 479 g/mol. The van der Waals surface area contributed by atoms with E-state index in [1.54, 1.807) is 11.3 Å². The van der Waals surface area contributed by atoms with Gasteiger partial charge in [0.1, 0.15) is 0 Å². The van der Waals surface area contributed by atoms with Crippen molar-refractivity contribution in [3.8, 4) is 0 Å². The first kappa shape index (κ1) is 16.7. The van der Waals surface area contributed by atoms with Crippen LogP contribution in [-0.4, -0.2) is 6.54 Å². The average molecular weight is 482 g/mol. The van der Waals surface area contributed by atoms with Gasteiger partial charge in [-0.2, -0.15) is 0 Å². The molecule has 1 heterocycles. The van der Waals surface area contributed by atoms with Crippen molar-refractivity contribution in [3.05, 3.63) is 53.5 Å². The molecule has 0 aliphatic heterocycles. The zero-order valence-corrected chi connectivity index (χ0v) is 16.7. The summed E-state index contributed by atoms with van der Waals surface area (Å²) in [7, 11) is 0. The summed E-state index contributed by atoms with van der Waals surface area (Å²) in [6.07, 6.45) is 2.14. The quantitative estimate of drug-likeness (QED) is 0.509. The lowest BCUT2D eigenvalue weighted by molar-refractivity contribution is 0.531. The first-order valence-electron chi connectivity index (χ1n) is 6.51. The van der Waals surface area contributed by atoms with Crippen LogP contribution in [0.25, 0.3) is 0 Å². The number of halogens is 3. The fraction of sp³-hybridized carbons (Fsp3) is 0.333. The Hall–Kier alpha value is 0.320. The van der Waals surface area contributed by atoms with E-state index in [0.29, 0.717) is 6.04 Å². The van der Waals surface area contributed by atoms with Gasteiger partial charge < -0.3 is 5.32 Å². The molecule has 1 aromatic carbocycles. The molecule has 0 aliphatic carbocycles. The Morgan fingerprint density at radius 1 is 1.15 bits per heavy atom. The number of hydrogen-bond acceptors (Lipinski definition) is 2. The van der Waals surface area contributed by atoms with E-state index in [9.17, 15) is 0 Å². The van der Waals surface area contributed by atoms with Gasteiger partial charge in [0, 0.05) is 30.8 Å². The molecule has 0 saturated carbocycles. The summed E-state index contributed by atoms with van der Waals surface area (Å²) in [6.45, 7) is 3.22. The molecule has 0 bridgehead atoms. The van der Waals surface area contributed by atoms with Gasteiger partial charge in [-0.1, -0.05) is 38.8 Å². The van der Waals surface area contributed by atoms with Gasteiger partial charge in [-0.15, -0.1) is 11.3 Å². The molecule has 1 nitrogen and oxygen atoms in total. The van der Waals surface area contributed by atoms with Gasteiger partial charge in [-0.25, -0.2) is 0 Å². The molecule has 1 N–H and O–H groups in total. The lowest BCUT2D eigenvalue weighted by Gasteiger charge is -2.19. The zero-order chi connectivity index (χ0) is 14.5. The largest absolute Gasteiger partial charge is 0.310 e. The summed E-state index contributed by atoms with van der Waals surface area (Å²) < 4.78 is 3.42. The summed E-state index contributed by atoms with van der Waals surface area (Å²) in [5.41, 5.74) is 1.31. The molecule has 0 amide bonds. The summed E-state index contributed by atoms with van der Waals surface area (Å²) in [5, 5.41) is 5.78. The topological polar surface area (TPSA) is 12.0 Å². The molecule has 0 aliphatic rings. The molecule has 0 fully saturated rings. The maximum absolute atomic E-state index is 3.65. The molecule has 0 spiro atoms. The van der Waals surface area contributed by atoms with E-state index in [1.807, 2.05) is 0 Å². The highest BCUT2D eigenvalue weighted by atomic mass is 79.9. The maximum atomic E-state index is 3.65. The van der Waals surface area contributed by atoms with Gasteiger partial charge in [-0.3, -0.25) is 0 Å². The summed E-state index contributed by atoms with van der Waals surface area (Å²) >= 11 is 12.6. The van der Waals surface area contributed by atoms with E-state index in [4.69, 9.17) is 0 Å². The summed E-state index contributed by atoms with van der Waals surface area (Å²) in [4.78, 5) is 1.38. The van der Waals surface area contributed by atoms with Crippen LogP contribution in [0.2, 0.25) is 0 Å². The molecule has 1 atom stereocenters. The molecule has 20 heavy (non-hydrogen) atoms. The SMILES string of the molecule is CCCNC(Cc1sccc1Br)c1cc(Br)cc(Br)c1. The first-order chi connectivity index (χ1) is 9.60. The first-order valence-corrected chi connectivity index (χ1v) is 9.77. The number of nitrogens with one attached hydrogen (secondary N) is 1. The van der Waals surface area contributed by atoms with Crippen LogP contribution in [0.5, 0.6) is 0 Å². The van der Waals surface area contributed by atoms with Crippen LogP contribution in [0.3, 0.4) is 0 Å². The predicted octanol–water partition coefficient (Wildman–Crippen LogP) is 6.32. The van der Waals surface area contributed by atoms with Gasteiger partial charge >= 0.3 is 0 Å². The van der Waals surface area contributed by atoms with E-state index < -0.39 is 0 Å². The highest BCUT2D eigenvalue weighted by molar-refractivity contribution is 9.11. The van der Waals surface area contributed by atoms with Crippen molar-refractivity contribution in [2.75, 3.05) is 6.54 Å². The van der Waals surface area contributed by atoms with Crippen molar-refractivity contribution >= 4 is 59.1 Å². The van der Waals surface area contributed by atoms with Gasteiger partial charge in [-0.05, 0) is 64.1 Å². The Morgan fingerprint density at radius 3 is 2.40 bits per heavy atom. The smallest absolute Gasteiger partial charge is 0.0369 e. The second kappa shape index (κ2) is 8.08. The van der Waals surface area contributed by atoms with Gasteiger partial charge in [0.15, 0.2) is 0 Å². The highest BCUT2D eigenvalue weighted by Gasteiger charge is 2.15. The molecule has 0 radical (unpaired) electrons. The molecule has 1 unspecified atom stereocenters. The van der Waals surface area contributed by atoms with Gasteiger partial charge in [0.05, 0.1) is 0 Å². The molecule has 1 aromatic heterocycles. The second-order valence-corrected chi connectivity index (χ2v) is 8.29. The lowest BCUT2D eigenvalue weighted by Crippen LogP contribution is -2.24. The Bertz CT molecular complexity index is 548. The van der Waals surface area contributed by atoms with E-state index in [2.05, 4.69) is 89.7 Å². The number of hydrogen-bond donors (Lipinski definition) is 1. The van der Waals surface area contributed by atoms with Crippen LogP contribution in [-0.2, 0) is 6.42 Å². The third-order valence-corrected chi connectivity index (χ3v) is 5.87. The van der Waals surface area contributed by atoms with E-state index in [1.165, 1.54) is 14.9 Å². The minimum Gasteiger partial charge on any atom is -0.310 e. The van der Waals surface area contributed by atoms with E-state index >= 15 is 0 Å². The molecular formula is C15H16Br3NS. The third-order valence-electron chi connectivity index (χ3n) is 3.01. The minimum absolute atomic E-state index is 0.332. The number of benzene rings is 1. The van der Waals surface area contributed by atoms with Crippen molar-refractivity contribution < 1.29 is 0 Å². The maximum Gasteiger partial charge on any atom is 0.0369 e. The fourth-order valence-electron chi connectivity index (χ4n) is 2.06. The Morgan fingerprint density at radius 2 is 1.85 bits per heavy atom. The normalized spacial score (nSPS) is 12.6. The average Bonchev–Trinajstić information content (AvgIpc) is 2.78. The second-order valence-electron chi connectivity index (χ2n) is 4.61. The number of thiophene rings is 1. The molecule has 0 saturated heterocycles. The molecule has 5 heteroatoms. The lowest BCUT2D eigenvalue weighted by atomic mass is 10.0. The van der Waals surface area contributed by atoms with Crippen molar-refractivity contribution in [2.45, 2.75) is 25.8 Å². The van der Waals surface area contributed by atoms with Gasteiger partial charge in [0.2, 0.25) is 0 Å². The van der Waals surface area contributed by atoms with Crippen molar-refractivity contribution in [1.29, 1.82) is 0 Å². The molecule has 2 rings (SSSR count). The van der Waals surface area contributed by atoms with E-state index in [0.717, 1.165) is 28.3 Å². The molecule has 2 aromatic rings. The predicted molar refractivity (Wildman–Crippen MR) is 98.6 cm³/mol. The Kier molecular flexibility index (Phi) is 6.75. The standard InChI is InChI=1S/C15H16Br3NS/c1-2-4-19-14(9-15-13(18)3-5-20-15)10-6-11(16)8-12(17)7-10/h3,5-8,14,19H,2,4,9H2,1H3. The van der Waals surface area contributed by atoms with Crippen molar-refractivity contribution in [1.82, 2.24) is 5.32 Å². The van der Waals surface area contributed by atoms with Crippen LogP contribution in [0, 0.1) is 0 Å². The van der Waals surface area contributed by atoms with Crippen LogP contribution in [0.4, 0.5) is 0 Å². The highest BCUT2D eigenvalue weighted by Crippen LogP contribution is 2.30. The van der Waals surface area contributed by atoms with Crippen LogP contribution >= 0.6 is 59.1 Å². The Balaban J connectivity index is 2.24. The molecular weight excluding hydrogens is 466 g/mol. The van der Waals surface area contributed by atoms with Crippen LogP contribution < -0.4 is 5.32 Å².